The van der Waals surface area contributed by atoms with Crippen molar-refractivity contribution in [1.82, 2.24) is 5.32 Å². The Balaban J connectivity index is 2.00. The Morgan fingerprint density at radius 3 is 2.59 bits per heavy atom. The Bertz CT molecular complexity index is 565. The number of carboxylic acid groups (broad SMARTS) is 1. The molecule has 1 heterocycles. The molecule has 1 aromatic carbocycles. The highest BCUT2D eigenvalue weighted by Crippen LogP contribution is 2.15. The third-order valence-corrected chi connectivity index (χ3v) is 3.50. The molecular weight excluding hydrogens is 292 g/mol. The number of carbonyl (C=O) groups is 2. The molecule has 0 saturated carbocycles. The van der Waals surface area contributed by atoms with Crippen molar-refractivity contribution in [2.75, 3.05) is 13.2 Å². The van der Waals surface area contributed by atoms with Gasteiger partial charge in [0.2, 0.25) is 5.91 Å². The van der Waals surface area contributed by atoms with E-state index in [-0.39, 0.29) is 23.9 Å². The van der Waals surface area contributed by atoms with E-state index in [1.54, 1.807) is 0 Å². The highest BCUT2D eigenvalue weighted by Gasteiger charge is 2.28. The van der Waals surface area contributed by atoms with Crippen LogP contribution in [0.2, 0.25) is 0 Å². The maximum Gasteiger partial charge on any atom is 0.326 e. The molecule has 8 nitrogen and oxygen atoms in total. The summed E-state index contributed by atoms with van der Waals surface area (Å²) in [6.45, 7) is 0.799. The second-order valence-electron chi connectivity index (χ2n) is 5.09. The summed E-state index contributed by atoms with van der Waals surface area (Å²) in [6, 6.07) is 4.51. The molecule has 0 aliphatic carbocycles. The molecule has 1 aliphatic heterocycles. The van der Waals surface area contributed by atoms with Gasteiger partial charge in [-0.05, 0) is 12.0 Å². The van der Waals surface area contributed by atoms with Gasteiger partial charge in [0.05, 0.1) is 17.4 Å². The van der Waals surface area contributed by atoms with Gasteiger partial charge in [0.1, 0.15) is 6.04 Å². The number of aliphatic carboxylic acids is 1. The third-order valence-electron chi connectivity index (χ3n) is 3.50. The lowest BCUT2D eigenvalue weighted by Gasteiger charge is -2.16. The van der Waals surface area contributed by atoms with Crippen molar-refractivity contribution in [3.05, 3.63) is 39.9 Å². The molecule has 22 heavy (non-hydrogen) atoms. The minimum atomic E-state index is -1.15. The van der Waals surface area contributed by atoms with Crippen molar-refractivity contribution in [2.24, 2.45) is 5.92 Å². The van der Waals surface area contributed by atoms with Gasteiger partial charge >= 0.3 is 5.97 Å². The molecule has 1 aromatic rings. The van der Waals surface area contributed by atoms with Crippen molar-refractivity contribution >= 4 is 17.6 Å². The van der Waals surface area contributed by atoms with Crippen LogP contribution >= 0.6 is 0 Å². The number of nitro benzene ring substituents is 1. The molecule has 2 atom stereocenters. The number of hydrogen-bond donors (Lipinski definition) is 2. The number of nitro groups is 1. The zero-order valence-electron chi connectivity index (χ0n) is 11.7. The van der Waals surface area contributed by atoms with Crippen LogP contribution in [0.4, 0.5) is 5.69 Å². The first kappa shape index (κ1) is 15.9. The van der Waals surface area contributed by atoms with E-state index in [2.05, 4.69) is 5.32 Å². The van der Waals surface area contributed by atoms with Crippen molar-refractivity contribution < 1.29 is 24.4 Å². The van der Waals surface area contributed by atoms with Crippen molar-refractivity contribution in [3.63, 3.8) is 0 Å². The van der Waals surface area contributed by atoms with E-state index in [0.29, 0.717) is 25.2 Å². The SMILES string of the molecule is O=C(N[C@@H](Cc1ccc([N+](=O)[O-])cc1)C(=O)O)[C@@H]1CCOC1. The molecule has 2 rings (SSSR count). The first-order valence-electron chi connectivity index (χ1n) is 6.81. The van der Waals surface area contributed by atoms with Gasteiger partial charge < -0.3 is 15.2 Å². The summed E-state index contributed by atoms with van der Waals surface area (Å²) in [6.07, 6.45) is 0.641. The van der Waals surface area contributed by atoms with Crippen molar-refractivity contribution in [1.29, 1.82) is 0 Å². The average molecular weight is 308 g/mol. The van der Waals surface area contributed by atoms with Crippen LogP contribution in [0.3, 0.4) is 0 Å². The van der Waals surface area contributed by atoms with Crippen molar-refractivity contribution in [3.8, 4) is 0 Å². The van der Waals surface area contributed by atoms with Gasteiger partial charge in [0.15, 0.2) is 0 Å². The number of ether oxygens (including phenoxy) is 1. The summed E-state index contributed by atoms with van der Waals surface area (Å²) >= 11 is 0. The van der Waals surface area contributed by atoms with Crippen LogP contribution in [-0.4, -0.2) is 41.2 Å². The first-order chi connectivity index (χ1) is 10.5. The van der Waals surface area contributed by atoms with Gasteiger partial charge in [-0.15, -0.1) is 0 Å². The predicted octanol–water partition coefficient (Wildman–Crippen LogP) is 0.743. The summed E-state index contributed by atoms with van der Waals surface area (Å²) in [5.74, 6) is -1.81. The summed E-state index contributed by atoms with van der Waals surface area (Å²) in [7, 11) is 0. The number of non-ortho nitro benzene ring substituents is 1. The van der Waals surface area contributed by atoms with Gasteiger partial charge in [-0.1, -0.05) is 12.1 Å². The lowest BCUT2D eigenvalue weighted by Crippen LogP contribution is -2.45. The Labute approximate surface area is 126 Å². The predicted molar refractivity (Wildman–Crippen MR) is 75.3 cm³/mol. The lowest BCUT2D eigenvalue weighted by atomic mass is 10.0. The quantitative estimate of drug-likeness (QED) is 0.591. The molecule has 8 heteroatoms. The number of nitrogens with zero attached hydrogens (tertiary/aromatic N) is 1. The van der Waals surface area contributed by atoms with Crippen LogP contribution < -0.4 is 5.32 Å². The molecule has 1 aliphatic rings. The van der Waals surface area contributed by atoms with Crippen LogP contribution in [0, 0.1) is 16.0 Å². The molecular formula is C14H16N2O6. The highest BCUT2D eigenvalue weighted by molar-refractivity contribution is 5.85. The Morgan fingerprint density at radius 1 is 1.41 bits per heavy atom. The number of hydrogen-bond acceptors (Lipinski definition) is 5. The summed E-state index contributed by atoms with van der Waals surface area (Å²) in [4.78, 5) is 33.3. The molecule has 118 valence electrons. The minimum absolute atomic E-state index is 0.0621. The van der Waals surface area contributed by atoms with Crippen LogP contribution in [0.5, 0.6) is 0 Å². The molecule has 0 unspecified atom stereocenters. The maximum atomic E-state index is 12.0. The maximum absolute atomic E-state index is 12.0. The van der Waals surface area contributed by atoms with E-state index < -0.39 is 16.9 Å². The van der Waals surface area contributed by atoms with E-state index in [1.807, 2.05) is 0 Å². The van der Waals surface area contributed by atoms with Crippen molar-refractivity contribution in [2.45, 2.75) is 18.9 Å². The van der Waals surface area contributed by atoms with E-state index in [0.717, 1.165) is 0 Å². The van der Waals surface area contributed by atoms with E-state index in [1.165, 1.54) is 24.3 Å². The van der Waals surface area contributed by atoms with Gasteiger partial charge in [0.25, 0.3) is 5.69 Å². The second kappa shape index (κ2) is 6.99. The molecule has 1 fully saturated rings. The number of rotatable bonds is 6. The first-order valence-corrected chi connectivity index (χ1v) is 6.81. The average Bonchev–Trinajstić information content (AvgIpc) is 3.01. The van der Waals surface area contributed by atoms with E-state index in [4.69, 9.17) is 4.74 Å². The summed E-state index contributed by atoms with van der Waals surface area (Å²) in [5.41, 5.74) is 0.531. The summed E-state index contributed by atoms with van der Waals surface area (Å²) < 4.78 is 5.10. The Morgan fingerprint density at radius 2 is 2.09 bits per heavy atom. The van der Waals surface area contributed by atoms with E-state index in [9.17, 15) is 24.8 Å². The summed E-state index contributed by atoms with van der Waals surface area (Å²) in [5, 5.41) is 22.3. The van der Waals surface area contributed by atoms with Gasteiger partial charge in [0, 0.05) is 25.2 Å². The number of nitrogens with one attached hydrogen (secondary N) is 1. The lowest BCUT2D eigenvalue weighted by molar-refractivity contribution is -0.384. The minimum Gasteiger partial charge on any atom is -0.480 e. The Kier molecular flexibility index (Phi) is 5.05. The second-order valence-corrected chi connectivity index (χ2v) is 5.09. The normalized spacial score (nSPS) is 18.6. The van der Waals surface area contributed by atoms with Crippen LogP contribution in [-0.2, 0) is 20.7 Å². The fourth-order valence-electron chi connectivity index (χ4n) is 2.22. The zero-order chi connectivity index (χ0) is 16.1. The van der Waals surface area contributed by atoms with E-state index >= 15 is 0 Å². The van der Waals surface area contributed by atoms with Crippen LogP contribution in [0.1, 0.15) is 12.0 Å². The largest absolute Gasteiger partial charge is 0.480 e. The fraction of sp³-hybridized carbons (Fsp3) is 0.429. The molecule has 0 spiro atoms. The molecule has 0 aromatic heterocycles. The number of carboxylic acids is 1. The zero-order valence-corrected chi connectivity index (χ0v) is 11.7. The molecule has 0 bridgehead atoms. The Hall–Kier alpha value is -2.48. The number of carbonyl (C=O) groups excluding carboxylic acids is 1. The molecule has 2 N–H and O–H groups in total. The monoisotopic (exact) mass is 308 g/mol. The third kappa shape index (κ3) is 4.01. The smallest absolute Gasteiger partial charge is 0.326 e. The topological polar surface area (TPSA) is 119 Å². The molecule has 1 amide bonds. The number of amides is 1. The highest BCUT2D eigenvalue weighted by atomic mass is 16.6. The van der Waals surface area contributed by atoms with Crippen LogP contribution in [0.25, 0.3) is 0 Å². The van der Waals surface area contributed by atoms with Gasteiger partial charge in [-0.25, -0.2) is 4.79 Å². The van der Waals surface area contributed by atoms with Gasteiger partial charge in [-0.3, -0.25) is 14.9 Å². The standard InChI is InChI=1S/C14H16N2O6/c17-13(10-5-6-22-8-10)15-12(14(18)19)7-9-1-3-11(4-2-9)16(20)21/h1-4,10,12H,5-8H2,(H,15,17)(H,18,19)/t10-,12+/m1/s1. The molecule has 1 saturated heterocycles. The number of benzene rings is 1. The van der Waals surface area contributed by atoms with Crippen LogP contribution in [0.15, 0.2) is 24.3 Å². The fourth-order valence-corrected chi connectivity index (χ4v) is 2.22. The van der Waals surface area contributed by atoms with Gasteiger partial charge in [-0.2, -0.15) is 0 Å². The molecule has 0 radical (unpaired) electrons.